The molecule has 0 atom stereocenters. The lowest BCUT2D eigenvalue weighted by Crippen LogP contribution is -2.08. The zero-order chi connectivity index (χ0) is 13.8. The topological polar surface area (TPSA) is 29.5 Å². The third kappa shape index (κ3) is 2.76. The van der Waals surface area contributed by atoms with Crippen molar-refractivity contribution in [2.24, 2.45) is 0 Å². The molecule has 0 saturated heterocycles. The van der Waals surface area contributed by atoms with Gasteiger partial charge in [-0.25, -0.2) is 0 Å². The van der Waals surface area contributed by atoms with E-state index < -0.39 is 0 Å². The second-order valence-corrected chi connectivity index (χ2v) is 4.52. The van der Waals surface area contributed by atoms with E-state index in [-0.39, 0.29) is 0 Å². The molecule has 2 rings (SSSR count). The number of carbonyl (C=O) groups excluding carboxylic acids is 1. The molecule has 0 spiro atoms. The number of rotatable bonds is 4. The lowest BCUT2D eigenvalue weighted by molar-refractivity contribution is 0.112. The Labute approximate surface area is 113 Å². The number of nitrogens with zero attached hydrogens (tertiary/aromatic N) is 1. The Morgan fingerprint density at radius 3 is 2.53 bits per heavy atom. The molecule has 2 aromatic rings. The number of benzene rings is 2. The molecule has 0 heterocycles. The van der Waals surface area contributed by atoms with E-state index >= 15 is 0 Å². The van der Waals surface area contributed by atoms with Crippen LogP contribution in [0.25, 0.3) is 11.1 Å². The highest BCUT2D eigenvalue weighted by atomic mass is 16.5. The van der Waals surface area contributed by atoms with E-state index in [0.717, 1.165) is 28.8 Å². The molecule has 0 unspecified atom stereocenters. The Balaban J connectivity index is 2.56. The van der Waals surface area contributed by atoms with Gasteiger partial charge in [-0.15, -0.1) is 0 Å². The van der Waals surface area contributed by atoms with Gasteiger partial charge in [-0.2, -0.15) is 0 Å². The molecule has 0 aliphatic heterocycles. The molecule has 0 N–H and O–H groups in total. The van der Waals surface area contributed by atoms with E-state index in [2.05, 4.69) is 6.07 Å². The molecule has 0 bridgehead atoms. The summed E-state index contributed by atoms with van der Waals surface area (Å²) in [5.41, 5.74) is 3.71. The third-order valence-electron chi connectivity index (χ3n) is 3.03. The second-order valence-electron chi connectivity index (χ2n) is 4.52. The van der Waals surface area contributed by atoms with Crippen LogP contribution in [0.4, 0.5) is 5.69 Å². The molecule has 0 aromatic heterocycles. The van der Waals surface area contributed by atoms with Crippen LogP contribution in [-0.2, 0) is 0 Å². The minimum atomic E-state index is 0.644. The minimum Gasteiger partial charge on any atom is -0.496 e. The number of ether oxygens (including phenoxy) is 1. The fourth-order valence-corrected chi connectivity index (χ4v) is 1.98. The van der Waals surface area contributed by atoms with Crippen molar-refractivity contribution in [3.63, 3.8) is 0 Å². The first-order valence-corrected chi connectivity index (χ1v) is 6.06. The van der Waals surface area contributed by atoms with Gasteiger partial charge in [-0.1, -0.05) is 12.1 Å². The van der Waals surface area contributed by atoms with Gasteiger partial charge in [0.05, 0.1) is 7.11 Å². The van der Waals surface area contributed by atoms with E-state index in [9.17, 15) is 4.79 Å². The van der Waals surface area contributed by atoms with Gasteiger partial charge in [0.25, 0.3) is 0 Å². The Bertz CT molecular complexity index is 591. The van der Waals surface area contributed by atoms with Crippen molar-refractivity contribution in [2.45, 2.75) is 0 Å². The molecule has 2 aromatic carbocycles. The highest BCUT2D eigenvalue weighted by Gasteiger charge is 2.08. The summed E-state index contributed by atoms with van der Waals surface area (Å²) in [6, 6.07) is 13.6. The normalized spacial score (nSPS) is 10.1. The van der Waals surface area contributed by atoms with Gasteiger partial charge in [0, 0.05) is 30.9 Å². The first-order valence-electron chi connectivity index (χ1n) is 6.06. The average Bonchev–Trinajstić information content (AvgIpc) is 2.46. The number of aldehydes is 1. The SMILES string of the molecule is COc1ccc(C=O)cc1-c1cccc(N(C)C)c1. The monoisotopic (exact) mass is 255 g/mol. The van der Waals surface area contributed by atoms with Gasteiger partial charge >= 0.3 is 0 Å². The zero-order valence-electron chi connectivity index (χ0n) is 11.4. The summed E-state index contributed by atoms with van der Waals surface area (Å²) < 4.78 is 5.37. The van der Waals surface area contributed by atoms with Gasteiger partial charge in [-0.05, 0) is 35.9 Å². The molecule has 3 heteroatoms. The van der Waals surface area contributed by atoms with Crippen molar-refractivity contribution in [2.75, 3.05) is 26.1 Å². The number of hydrogen-bond donors (Lipinski definition) is 0. The molecule has 0 aliphatic rings. The van der Waals surface area contributed by atoms with Crippen molar-refractivity contribution < 1.29 is 9.53 Å². The molecule has 0 radical (unpaired) electrons. The van der Waals surface area contributed by atoms with Crippen molar-refractivity contribution >= 4 is 12.0 Å². The Hall–Kier alpha value is -2.29. The summed E-state index contributed by atoms with van der Waals surface area (Å²) in [5.74, 6) is 0.765. The smallest absolute Gasteiger partial charge is 0.150 e. The molecule has 19 heavy (non-hydrogen) atoms. The van der Waals surface area contributed by atoms with Crippen LogP contribution in [0.2, 0.25) is 0 Å². The van der Waals surface area contributed by atoms with Gasteiger partial charge in [0.1, 0.15) is 12.0 Å². The van der Waals surface area contributed by atoms with Gasteiger partial charge < -0.3 is 9.64 Å². The van der Waals surface area contributed by atoms with E-state index in [1.54, 1.807) is 13.2 Å². The number of hydrogen-bond acceptors (Lipinski definition) is 3. The molecule has 0 fully saturated rings. The molecule has 98 valence electrons. The van der Waals surface area contributed by atoms with Crippen molar-refractivity contribution in [3.05, 3.63) is 48.0 Å². The van der Waals surface area contributed by atoms with Gasteiger partial charge in [0.2, 0.25) is 0 Å². The molecular formula is C16H17NO2. The Kier molecular flexibility index (Phi) is 3.85. The van der Waals surface area contributed by atoms with E-state index in [0.29, 0.717) is 5.56 Å². The van der Waals surface area contributed by atoms with Crippen molar-refractivity contribution in [1.29, 1.82) is 0 Å². The van der Waals surface area contributed by atoms with Crippen LogP contribution in [0.1, 0.15) is 10.4 Å². The first-order chi connectivity index (χ1) is 9.15. The van der Waals surface area contributed by atoms with Crippen LogP contribution < -0.4 is 9.64 Å². The summed E-state index contributed by atoms with van der Waals surface area (Å²) in [4.78, 5) is 13.0. The molecule has 0 aliphatic carbocycles. The maximum absolute atomic E-state index is 10.9. The molecule has 0 amide bonds. The Morgan fingerprint density at radius 1 is 1.11 bits per heavy atom. The predicted molar refractivity (Wildman–Crippen MR) is 78.1 cm³/mol. The maximum atomic E-state index is 10.9. The number of methoxy groups -OCH3 is 1. The fraction of sp³-hybridized carbons (Fsp3) is 0.188. The molecular weight excluding hydrogens is 238 g/mol. The largest absolute Gasteiger partial charge is 0.496 e. The predicted octanol–water partition coefficient (Wildman–Crippen LogP) is 3.24. The van der Waals surface area contributed by atoms with E-state index in [1.807, 2.05) is 49.3 Å². The summed E-state index contributed by atoms with van der Waals surface area (Å²) in [6.07, 6.45) is 0.846. The molecule has 3 nitrogen and oxygen atoms in total. The second kappa shape index (κ2) is 5.57. The van der Waals surface area contributed by atoms with Crippen LogP contribution in [0.3, 0.4) is 0 Å². The van der Waals surface area contributed by atoms with Gasteiger partial charge in [0.15, 0.2) is 0 Å². The lowest BCUT2D eigenvalue weighted by Gasteiger charge is -2.15. The van der Waals surface area contributed by atoms with Crippen LogP contribution in [0.5, 0.6) is 5.75 Å². The fourth-order valence-electron chi connectivity index (χ4n) is 1.98. The van der Waals surface area contributed by atoms with Crippen LogP contribution in [0, 0.1) is 0 Å². The van der Waals surface area contributed by atoms with E-state index in [1.165, 1.54) is 0 Å². The lowest BCUT2D eigenvalue weighted by atomic mass is 10.0. The zero-order valence-corrected chi connectivity index (χ0v) is 11.4. The molecule has 0 saturated carbocycles. The van der Waals surface area contributed by atoms with Crippen LogP contribution in [0.15, 0.2) is 42.5 Å². The summed E-state index contributed by atoms with van der Waals surface area (Å²) in [6.45, 7) is 0. The van der Waals surface area contributed by atoms with Crippen LogP contribution in [-0.4, -0.2) is 27.5 Å². The number of carbonyl (C=O) groups is 1. The maximum Gasteiger partial charge on any atom is 0.150 e. The van der Waals surface area contributed by atoms with Crippen molar-refractivity contribution in [1.82, 2.24) is 0 Å². The third-order valence-corrected chi connectivity index (χ3v) is 3.03. The summed E-state index contributed by atoms with van der Waals surface area (Å²) in [5, 5.41) is 0. The minimum absolute atomic E-state index is 0.644. The highest BCUT2D eigenvalue weighted by molar-refractivity contribution is 5.82. The standard InChI is InChI=1S/C16H17NO2/c1-17(2)14-6-4-5-13(10-14)15-9-12(11-18)7-8-16(15)19-3/h4-11H,1-3H3. The van der Waals surface area contributed by atoms with E-state index in [4.69, 9.17) is 4.74 Å². The highest BCUT2D eigenvalue weighted by Crippen LogP contribution is 2.32. The summed E-state index contributed by atoms with van der Waals surface area (Å²) >= 11 is 0. The number of anilines is 1. The van der Waals surface area contributed by atoms with Crippen molar-refractivity contribution in [3.8, 4) is 16.9 Å². The Morgan fingerprint density at radius 2 is 1.89 bits per heavy atom. The quantitative estimate of drug-likeness (QED) is 0.785. The van der Waals surface area contributed by atoms with Gasteiger partial charge in [-0.3, -0.25) is 4.79 Å². The summed E-state index contributed by atoms with van der Waals surface area (Å²) in [7, 11) is 5.63. The first kappa shape index (κ1) is 13.1. The van der Waals surface area contributed by atoms with Crippen LogP contribution >= 0.6 is 0 Å². The average molecular weight is 255 g/mol.